The second kappa shape index (κ2) is 5.43. The van der Waals surface area contributed by atoms with E-state index in [2.05, 4.69) is 5.10 Å². The maximum Gasteiger partial charge on any atom is 0.354 e. The smallest absolute Gasteiger partial charge is 0.354 e. The molecular formula is C14H17N3O4. The molecule has 7 heteroatoms. The summed E-state index contributed by atoms with van der Waals surface area (Å²) in [5.41, 5.74) is 1.02. The summed E-state index contributed by atoms with van der Waals surface area (Å²) in [6.07, 6.45) is 0. The van der Waals surface area contributed by atoms with Crippen LogP contribution in [0.3, 0.4) is 0 Å². The van der Waals surface area contributed by atoms with Crippen LogP contribution in [0, 0.1) is 17.0 Å². The predicted octanol–water partition coefficient (Wildman–Crippen LogP) is 3.26. The highest BCUT2D eigenvalue weighted by Crippen LogP contribution is 2.37. The Hall–Kier alpha value is -2.57. The fraction of sp³-hybridized carbons (Fsp3) is 0.357. The predicted molar refractivity (Wildman–Crippen MR) is 76.9 cm³/mol. The van der Waals surface area contributed by atoms with E-state index in [0.29, 0.717) is 11.4 Å². The number of nitrogens with zero attached hydrogens (tertiary/aromatic N) is 3. The summed E-state index contributed by atoms with van der Waals surface area (Å²) >= 11 is 0. The molecule has 0 bridgehead atoms. The van der Waals surface area contributed by atoms with E-state index >= 15 is 0 Å². The van der Waals surface area contributed by atoms with E-state index in [1.54, 1.807) is 26.1 Å². The molecule has 1 aromatic carbocycles. The van der Waals surface area contributed by atoms with Gasteiger partial charge in [-0.15, -0.1) is 0 Å². The third kappa shape index (κ3) is 2.96. The average Bonchev–Trinajstić information content (AvgIpc) is 2.66. The standard InChI is InChI=1S/C14H17N3O4/c1-8(2)12-13(17(19)20)14(16(4)15-12)21-11-6-9(3)5-10(18)7-11/h5-8,18H,1-4H3. The van der Waals surface area contributed by atoms with E-state index in [0.717, 1.165) is 5.56 Å². The first kappa shape index (κ1) is 14.8. The van der Waals surface area contributed by atoms with Crippen LogP contribution >= 0.6 is 0 Å². The van der Waals surface area contributed by atoms with Gasteiger partial charge in [-0.05, 0) is 24.6 Å². The van der Waals surface area contributed by atoms with Gasteiger partial charge in [-0.25, -0.2) is 4.68 Å². The molecule has 21 heavy (non-hydrogen) atoms. The van der Waals surface area contributed by atoms with E-state index in [4.69, 9.17) is 4.74 Å². The van der Waals surface area contributed by atoms with E-state index in [9.17, 15) is 15.2 Å². The first-order valence-corrected chi connectivity index (χ1v) is 6.49. The topological polar surface area (TPSA) is 90.4 Å². The molecule has 1 N–H and O–H groups in total. The van der Waals surface area contributed by atoms with Gasteiger partial charge in [0, 0.05) is 19.0 Å². The van der Waals surface area contributed by atoms with Crippen LogP contribution in [-0.4, -0.2) is 19.8 Å². The zero-order chi connectivity index (χ0) is 15.7. The van der Waals surface area contributed by atoms with Gasteiger partial charge in [0.1, 0.15) is 17.2 Å². The first-order valence-electron chi connectivity index (χ1n) is 6.49. The second-order valence-electron chi connectivity index (χ2n) is 5.18. The number of phenols is 1. The largest absolute Gasteiger partial charge is 0.508 e. The van der Waals surface area contributed by atoms with Crippen molar-refractivity contribution in [1.82, 2.24) is 9.78 Å². The lowest BCUT2D eigenvalue weighted by atomic mass is 10.1. The van der Waals surface area contributed by atoms with Crippen LogP contribution in [0.2, 0.25) is 0 Å². The number of rotatable bonds is 4. The number of aromatic hydroxyl groups is 1. The van der Waals surface area contributed by atoms with Crippen LogP contribution in [0.4, 0.5) is 5.69 Å². The Kier molecular flexibility index (Phi) is 3.84. The minimum Gasteiger partial charge on any atom is -0.508 e. The van der Waals surface area contributed by atoms with Crippen LogP contribution < -0.4 is 4.74 Å². The number of nitro groups is 1. The molecule has 0 spiro atoms. The maximum atomic E-state index is 11.3. The van der Waals surface area contributed by atoms with Crippen molar-refractivity contribution in [3.8, 4) is 17.4 Å². The molecule has 0 aliphatic rings. The van der Waals surface area contributed by atoms with Crippen LogP contribution in [0.15, 0.2) is 18.2 Å². The lowest BCUT2D eigenvalue weighted by Crippen LogP contribution is -1.97. The molecule has 0 radical (unpaired) electrons. The summed E-state index contributed by atoms with van der Waals surface area (Å²) in [6.45, 7) is 5.46. The number of ether oxygens (including phenoxy) is 1. The summed E-state index contributed by atoms with van der Waals surface area (Å²) < 4.78 is 6.93. The van der Waals surface area contributed by atoms with E-state index in [-0.39, 0.29) is 23.2 Å². The molecule has 0 saturated carbocycles. The Morgan fingerprint density at radius 3 is 2.57 bits per heavy atom. The van der Waals surface area contributed by atoms with Crippen molar-refractivity contribution in [3.05, 3.63) is 39.6 Å². The van der Waals surface area contributed by atoms with Crippen molar-refractivity contribution >= 4 is 5.69 Å². The molecule has 0 unspecified atom stereocenters. The number of benzene rings is 1. The summed E-state index contributed by atoms with van der Waals surface area (Å²) in [5.74, 6) is 0.321. The number of aryl methyl sites for hydroxylation is 2. The summed E-state index contributed by atoms with van der Waals surface area (Å²) in [5, 5.41) is 25.0. The lowest BCUT2D eigenvalue weighted by Gasteiger charge is -2.06. The Balaban J connectivity index is 2.51. The van der Waals surface area contributed by atoms with Gasteiger partial charge in [-0.1, -0.05) is 13.8 Å². The second-order valence-corrected chi connectivity index (χ2v) is 5.18. The molecule has 0 amide bonds. The van der Waals surface area contributed by atoms with Crippen LogP contribution in [0.25, 0.3) is 0 Å². The zero-order valence-corrected chi connectivity index (χ0v) is 12.3. The third-order valence-corrected chi connectivity index (χ3v) is 2.98. The van der Waals surface area contributed by atoms with E-state index in [1.807, 2.05) is 13.8 Å². The molecule has 7 nitrogen and oxygen atoms in total. The average molecular weight is 291 g/mol. The minimum atomic E-state index is -0.493. The fourth-order valence-electron chi connectivity index (χ4n) is 2.09. The van der Waals surface area contributed by atoms with Gasteiger partial charge < -0.3 is 9.84 Å². The molecule has 0 fully saturated rings. The highest BCUT2D eigenvalue weighted by molar-refractivity contribution is 5.50. The molecule has 1 heterocycles. The summed E-state index contributed by atoms with van der Waals surface area (Å²) in [7, 11) is 1.59. The monoisotopic (exact) mass is 291 g/mol. The molecule has 0 aliphatic carbocycles. The molecule has 2 rings (SSSR count). The number of hydrogen-bond donors (Lipinski definition) is 1. The SMILES string of the molecule is Cc1cc(O)cc(Oc2c([N+](=O)[O-])c(C(C)C)nn2C)c1. The molecule has 0 saturated heterocycles. The van der Waals surface area contributed by atoms with Crippen molar-refractivity contribution < 1.29 is 14.8 Å². The quantitative estimate of drug-likeness (QED) is 0.689. The van der Waals surface area contributed by atoms with Crippen LogP contribution in [0.5, 0.6) is 17.4 Å². The van der Waals surface area contributed by atoms with Gasteiger partial charge >= 0.3 is 5.69 Å². The molecule has 2 aromatic rings. The van der Waals surface area contributed by atoms with E-state index < -0.39 is 4.92 Å². The maximum absolute atomic E-state index is 11.3. The van der Waals surface area contributed by atoms with E-state index in [1.165, 1.54) is 10.7 Å². The fourth-order valence-corrected chi connectivity index (χ4v) is 2.09. The summed E-state index contributed by atoms with van der Waals surface area (Å²) in [6, 6.07) is 4.66. The van der Waals surface area contributed by atoms with Gasteiger partial charge in [0.25, 0.3) is 5.88 Å². The van der Waals surface area contributed by atoms with Crippen molar-refractivity contribution in [1.29, 1.82) is 0 Å². The molecule has 0 aliphatic heterocycles. The lowest BCUT2D eigenvalue weighted by molar-refractivity contribution is -0.386. The highest BCUT2D eigenvalue weighted by Gasteiger charge is 2.30. The van der Waals surface area contributed by atoms with Gasteiger partial charge in [0.15, 0.2) is 0 Å². The van der Waals surface area contributed by atoms with Crippen LogP contribution in [-0.2, 0) is 7.05 Å². The minimum absolute atomic E-state index is 0.0407. The van der Waals surface area contributed by atoms with Gasteiger partial charge in [-0.3, -0.25) is 10.1 Å². The Morgan fingerprint density at radius 1 is 1.38 bits per heavy atom. The van der Waals surface area contributed by atoms with Crippen molar-refractivity contribution in [2.75, 3.05) is 0 Å². The Morgan fingerprint density at radius 2 is 2.05 bits per heavy atom. The Labute approximate surface area is 121 Å². The van der Waals surface area contributed by atoms with Crippen molar-refractivity contribution in [2.24, 2.45) is 7.05 Å². The van der Waals surface area contributed by atoms with Gasteiger partial charge in [-0.2, -0.15) is 5.10 Å². The molecular weight excluding hydrogens is 274 g/mol. The normalized spacial score (nSPS) is 10.9. The number of hydrogen-bond acceptors (Lipinski definition) is 5. The Bertz CT molecular complexity index is 672. The third-order valence-electron chi connectivity index (χ3n) is 2.98. The first-order chi connectivity index (χ1) is 9.79. The number of phenolic OH excluding ortho intramolecular Hbond substituents is 1. The molecule has 1 aromatic heterocycles. The molecule has 112 valence electrons. The van der Waals surface area contributed by atoms with Gasteiger partial charge in [0.2, 0.25) is 0 Å². The molecule has 0 atom stereocenters. The highest BCUT2D eigenvalue weighted by atomic mass is 16.6. The summed E-state index contributed by atoms with van der Waals surface area (Å²) in [4.78, 5) is 10.8. The number of aromatic nitrogens is 2. The van der Waals surface area contributed by atoms with Crippen molar-refractivity contribution in [2.45, 2.75) is 26.7 Å². The van der Waals surface area contributed by atoms with Gasteiger partial charge in [0.05, 0.1) is 4.92 Å². The van der Waals surface area contributed by atoms with Crippen molar-refractivity contribution in [3.63, 3.8) is 0 Å². The van der Waals surface area contributed by atoms with Crippen LogP contribution in [0.1, 0.15) is 31.0 Å². The zero-order valence-electron chi connectivity index (χ0n) is 12.3.